The topological polar surface area (TPSA) is 131 Å². The molecule has 0 bridgehead atoms. The number of rotatable bonds is 3. The monoisotopic (exact) mass is 300 g/mol. The molecular weight excluding hydrogens is 284 g/mol. The maximum Gasteiger partial charge on any atom is 0.330 e. The molecule has 9 nitrogen and oxygen atoms in total. The van der Waals surface area contributed by atoms with Crippen molar-refractivity contribution < 1.29 is 24.5 Å². The highest BCUT2D eigenvalue weighted by Gasteiger charge is 2.47. The van der Waals surface area contributed by atoms with Crippen LogP contribution in [0, 0.1) is 6.92 Å². The molecule has 1 aliphatic heterocycles. The predicted molar refractivity (Wildman–Crippen MR) is 68.6 cm³/mol. The molecule has 4 atom stereocenters. The summed E-state index contributed by atoms with van der Waals surface area (Å²) in [6.45, 7) is 2.13. The third kappa shape index (κ3) is 2.89. The van der Waals surface area contributed by atoms with Crippen molar-refractivity contribution in [3.05, 3.63) is 32.6 Å². The molecule has 3 N–H and O–H groups in total. The van der Waals surface area contributed by atoms with Gasteiger partial charge in [0, 0.05) is 18.7 Å². The van der Waals surface area contributed by atoms with E-state index in [9.17, 15) is 19.5 Å². The Kier molecular flexibility index (Phi) is 4.26. The molecule has 1 aliphatic rings. The lowest BCUT2D eigenvalue weighted by molar-refractivity contribution is -0.156. The average molecular weight is 300 g/mol. The van der Waals surface area contributed by atoms with E-state index in [1.54, 1.807) is 0 Å². The predicted octanol–water partition coefficient (Wildman–Crippen LogP) is -1.97. The fourth-order valence-corrected chi connectivity index (χ4v) is 2.19. The number of aromatic nitrogens is 2. The SMILES string of the molecule is CC(=O)O[C@@H]1[C@@H](O)[C@@H](CO)O[C@H]1n1cc(C)c(=O)[nH]c1=O. The van der Waals surface area contributed by atoms with Gasteiger partial charge in [-0.25, -0.2) is 4.79 Å². The highest BCUT2D eigenvalue weighted by atomic mass is 16.6. The minimum Gasteiger partial charge on any atom is -0.455 e. The van der Waals surface area contributed by atoms with Crippen LogP contribution in [0.25, 0.3) is 0 Å². The van der Waals surface area contributed by atoms with Crippen LogP contribution in [0.1, 0.15) is 18.7 Å². The maximum atomic E-state index is 11.9. The number of esters is 1. The van der Waals surface area contributed by atoms with Gasteiger partial charge < -0.3 is 19.7 Å². The van der Waals surface area contributed by atoms with Crippen molar-refractivity contribution in [1.82, 2.24) is 9.55 Å². The van der Waals surface area contributed by atoms with E-state index >= 15 is 0 Å². The van der Waals surface area contributed by atoms with E-state index in [1.165, 1.54) is 13.1 Å². The number of H-pyrrole nitrogens is 1. The zero-order chi connectivity index (χ0) is 15.7. The van der Waals surface area contributed by atoms with Crippen LogP contribution in [-0.2, 0) is 14.3 Å². The molecule has 9 heteroatoms. The van der Waals surface area contributed by atoms with E-state index < -0.39 is 48.4 Å². The van der Waals surface area contributed by atoms with Gasteiger partial charge in [-0.3, -0.25) is 19.1 Å². The molecule has 21 heavy (non-hydrogen) atoms. The molecule has 0 aliphatic carbocycles. The molecule has 1 fully saturated rings. The Labute approximate surface area is 118 Å². The second-order valence-corrected chi connectivity index (χ2v) is 4.79. The first-order valence-corrected chi connectivity index (χ1v) is 6.28. The van der Waals surface area contributed by atoms with Crippen LogP contribution in [-0.4, -0.2) is 50.7 Å². The summed E-state index contributed by atoms with van der Waals surface area (Å²) in [5.74, 6) is -0.666. The quantitative estimate of drug-likeness (QED) is 0.552. The van der Waals surface area contributed by atoms with E-state index in [4.69, 9.17) is 14.6 Å². The van der Waals surface area contributed by atoms with Gasteiger partial charge in [-0.15, -0.1) is 0 Å². The van der Waals surface area contributed by atoms with E-state index in [0.717, 1.165) is 11.5 Å². The summed E-state index contributed by atoms with van der Waals surface area (Å²) in [6.07, 6.45) is -3.34. The van der Waals surface area contributed by atoms with E-state index in [0.29, 0.717) is 0 Å². The Morgan fingerprint density at radius 3 is 2.76 bits per heavy atom. The minimum absolute atomic E-state index is 0.252. The number of carbonyl (C=O) groups is 1. The molecule has 116 valence electrons. The second-order valence-electron chi connectivity index (χ2n) is 4.79. The first-order valence-electron chi connectivity index (χ1n) is 6.28. The smallest absolute Gasteiger partial charge is 0.330 e. The number of aryl methyl sites for hydroxylation is 1. The number of nitrogens with zero attached hydrogens (tertiary/aromatic N) is 1. The molecule has 0 radical (unpaired) electrons. The van der Waals surface area contributed by atoms with Gasteiger partial charge in [-0.2, -0.15) is 0 Å². The van der Waals surface area contributed by atoms with Crippen LogP contribution < -0.4 is 11.2 Å². The second kappa shape index (κ2) is 5.80. The molecule has 1 saturated heterocycles. The van der Waals surface area contributed by atoms with Crippen molar-refractivity contribution in [3.8, 4) is 0 Å². The Morgan fingerprint density at radius 2 is 2.19 bits per heavy atom. The molecule has 0 unspecified atom stereocenters. The standard InChI is InChI=1S/C12H16N2O7/c1-5-3-14(12(19)13-10(5)18)11-9(20-6(2)16)8(17)7(4-15)21-11/h3,7-9,11,15,17H,4H2,1-2H3,(H,13,18,19)/t7-,8+,9-,11-/m1/s1. The van der Waals surface area contributed by atoms with Gasteiger partial charge in [0.15, 0.2) is 12.3 Å². The van der Waals surface area contributed by atoms with Gasteiger partial charge in [-0.1, -0.05) is 0 Å². The maximum absolute atomic E-state index is 11.9. The van der Waals surface area contributed by atoms with E-state index in [-0.39, 0.29) is 5.56 Å². The number of nitrogens with one attached hydrogen (secondary N) is 1. The normalized spacial score (nSPS) is 28.6. The molecule has 1 aromatic rings. The largest absolute Gasteiger partial charge is 0.455 e. The van der Waals surface area contributed by atoms with Crippen molar-refractivity contribution in [2.45, 2.75) is 38.4 Å². The number of aliphatic hydroxyl groups excluding tert-OH is 2. The van der Waals surface area contributed by atoms with Crippen LogP contribution in [0.15, 0.2) is 15.8 Å². The first kappa shape index (κ1) is 15.4. The van der Waals surface area contributed by atoms with Gasteiger partial charge in [0.1, 0.15) is 12.2 Å². The molecular formula is C12H16N2O7. The Bertz CT molecular complexity index is 650. The van der Waals surface area contributed by atoms with Crippen LogP contribution >= 0.6 is 0 Å². The van der Waals surface area contributed by atoms with Crippen LogP contribution in [0.2, 0.25) is 0 Å². The summed E-state index contributed by atoms with van der Waals surface area (Å²) in [4.78, 5) is 36.4. The first-order chi connectivity index (χ1) is 9.85. The van der Waals surface area contributed by atoms with Gasteiger partial charge in [0.05, 0.1) is 6.61 Å². The number of hydrogen-bond acceptors (Lipinski definition) is 7. The lowest BCUT2D eigenvalue weighted by atomic mass is 10.1. The molecule has 2 heterocycles. The Balaban J connectivity index is 2.45. The molecule has 2 rings (SSSR count). The van der Waals surface area contributed by atoms with Gasteiger partial charge >= 0.3 is 11.7 Å². The number of ether oxygens (including phenoxy) is 2. The molecule has 0 amide bonds. The lowest BCUT2D eigenvalue weighted by Crippen LogP contribution is -2.40. The zero-order valence-electron chi connectivity index (χ0n) is 11.5. The summed E-state index contributed by atoms with van der Waals surface area (Å²) in [5.41, 5.74) is -1.06. The number of hydrogen-bond donors (Lipinski definition) is 3. The molecule has 0 saturated carbocycles. The van der Waals surface area contributed by atoms with E-state index in [2.05, 4.69) is 4.98 Å². The summed E-state index contributed by atoms with van der Waals surface area (Å²) in [6, 6.07) is 0. The average Bonchev–Trinajstić information content (AvgIpc) is 2.71. The van der Waals surface area contributed by atoms with Gasteiger partial charge in [0.25, 0.3) is 5.56 Å². The van der Waals surface area contributed by atoms with Gasteiger partial charge in [0.2, 0.25) is 0 Å². The fourth-order valence-electron chi connectivity index (χ4n) is 2.19. The Hall–Kier alpha value is -1.97. The van der Waals surface area contributed by atoms with Crippen molar-refractivity contribution in [2.75, 3.05) is 6.61 Å². The van der Waals surface area contributed by atoms with Crippen LogP contribution in [0.3, 0.4) is 0 Å². The van der Waals surface area contributed by atoms with Crippen molar-refractivity contribution in [1.29, 1.82) is 0 Å². The number of aliphatic hydroxyl groups is 2. The Morgan fingerprint density at radius 1 is 1.52 bits per heavy atom. The van der Waals surface area contributed by atoms with Crippen LogP contribution in [0.5, 0.6) is 0 Å². The zero-order valence-corrected chi connectivity index (χ0v) is 11.5. The summed E-state index contributed by atoms with van der Waals surface area (Å²) < 4.78 is 11.3. The molecule has 0 spiro atoms. The molecule has 1 aromatic heterocycles. The third-order valence-electron chi connectivity index (χ3n) is 3.21. The van der Waals surface area contributed by atoms with Crippen molar-refractivity contribution in [2.24, 2.45) is 0 Å². The number of carbonyl (C=O) groups excluding carboxylic acids is 1. The highest BCUT2D eigenvalue weighted by Crippen LogP contribution is 2.30. The molecule has 0 aromatic carbocycles. The lowest BCUT2D eigenvalue weighted by Gasteiger charge is -2.21. The highest BCUT2D eigenvalue weighted by molar-refractivity contribution is 5.66. The summed E-state index contributed by atoms with van der Waals surface area (Å²) in [7, 11) is 0. The minimum atomic E-state index is -1.29. The van der Waals surface area contributed by atoms with E-state index in [1.807, 2.05) is 0 Å². The summed E-state index contributed by atoms with van der Waals surface area (Å²) >= 11 is 0. The van der Waals surface area contributed by atoms with Crippen LogP contribution in [0.4, 0.5) is 0 Å². The van der Waals surface area contributed by atoms with Crippen molar-refractivity contribution >= 4 is 5.97 Å². The fraction of sp³-hybridized carbons (Fsp3) is 0.583. The third-order valence-corrected chi connectivity index (χ3v) is 3.21. The van der Waals surface area contributed by atoms with Crippen molar-refractivity contribution in [3.63, 3.8) is 0 Å². The van der Waals surface area contributed by atoms with Gasteiger partial charge in [-0.05, 0) is 6.92 Å². The summed E-state index contributed by atoms with van der Waals surface area (Å²) in [5, 5.41) is 19.1. The number of aromatic amines is 1.